The Kier molecular flexibility index (Phi) is 7.04. The molecule has 0 N–H and O–H groups in total. The summed E-state index contributed by atoms with van der Waals surface area (Å²) >= 11 is 0. The first kappa shape index (κ1) is 25.9. The first-order valence-electron chi connectivity index (χ1n) is 14.7. The van der Waals surface area contributed by atoms with Crippen molar-refractivity contribution in [2.75, 3.05) is 4.90 Å². The lowest BCUT2D eigenvalue weighted by atomic mass is 9.77. The normalized spacial score (nSPS) is 17.9. The summed E-state index contributed by atoms with van der Waals surface area (Å²) in [5, 5.41) is 0. The zero-order valence-electron chi connectivity index (χ0n) is 23.8. The van der Waals surface area contributed by atoms with E-state index in [-0.39, 0.29) is 12.0 Å². The molecule has 2 unspecified atom stereocenters. The van der Waals surface area contributed by atoms with Gasteiger partial charge in [-0.1, -0.05) is 151 Å². The Morgan fingerprint density at radius 1 is 0.595 bits per heavy atom. The van der Waals surface area contributed by atoms with Gasteiger partial charge >= 0.3 is 0 Å². The molecule has 0 amide bonds. The van der Waals surface area contributed by atoms with E-state index in [0.29, 0.717) is 0 Å². The van der Waals surface area contributed by atoms with Crippen molar-refractivity contribution in [1.82, 2.24) is 0 Å². The predicted octanol–water partition coefficient (Wildman–Crippen LogP) is 8.34. The molecule has 0 spiro atoms. The minimum Gasteiger partial charge on any atom is -0.333 e. The number of rotatable bonds is 5. The standard InChI is InChI=1S/C40H32BN/c41-33-23-19-29(20-24-33)28-38-35-15-7-9-17-39(35)42(40-18-10-8-16-36(38)40)34-25-21-30(22-26-34)27-37(31-11-3-1-4-12-31)32-13-5-2-6-14-32/h1-28,35,39H,41H2/b38-28+. The minimum absolute atomic E-state index is 0.201. The highest BCUT2D eigenvalue weighted by Crippen LogP contribution is 2.47. The van der Waals surface area contributed by atoms with Crippen LogP contribution in [0, 0.1) is 5.92 Å². The van der Waals surface area contributed by atoms with E-state index >= 15 is 0 Å². The Labute approximate surface area is 249 Å². The first-order chi connectivity index (χ1) is 20.7. The minimum atomic E-state index is 0.201. The average molecular weight is 538 g/mol. The summed E-state index contributed by atoms with van der Waals surface area (Å²) < 4.78 is 0. The first-order valence-corrected chi connectivity index (χ1v) is 14.7. The van der Waals surface area contributed by atoms with Crippen LogP contribution in [0.4, 0.5) is 11.4 Å². The fourth-order valence-electron chi connectivity index (χ4n) is 6.19. The maximum Gasteiger partial charge on any atom is 0.139 e. The van der Waals surface area contributed by atoms with Gasteiger partial charge in [0.15, 0.2) is 0 Å². The predicted molar refractivity (Wildman–Crippen MR) is 183 cm³/mol. The summed E-state index contributed by atoms with van der Waals surface area (Å²) in [7, 11) is 2.14. The van der Waals surface area contributed by atoms with Crippen molar-refractivity contribution in [1.29, 1.82) is 0 Å². The molecule has 200 valence electrons. The number of hydrogen-bond donors (Lipinski definition) is 0. The molecule has 1 heterocycles. The van der Waals surface area contributed by atoms with Crippen LogP contribution in [0.3, 0.4) is 0 Å². The Morgan fingerprint density at radius 3 is 1.88 bits per heavy atom. The second-order valence-electron chi connectivity index (χ2n) is 11.1. The fourth-order valence-corrected chi connectivity index (χ4v) is 6.19. The van der Waals surface area contributed by atoms with Crippen molar-refractivity contribution < 1.29 is 0 Å². The third-order valence-electron chi connectivity index (χ3n) is 8.29. The van der Waals surface area contributed by atoms with Gasteiger partial charge in [-0.15, -0.1) is 0 Å². The molecule has 2 aliphatic rings. The largest absolute Gasteiger partial charge is 0.333 e. The molecular formula is C40H32BN. The number of nitrogens with zero attached hydrogens (tertiary/aromatic N) is 1. The van der Waals surface area contributed by atoms with Crippen molar-refractivity contribution in [3.63, 3.8) is 0 Å². The number of anilines is 2. The van der Waals surface area contributed by atoms with Gasteiger partial charge in [0.05, 0.1) is 6.04 Å². The maximum absolute atomic E-state index is 2.51. The fraction of sp³-hybridized carbons (Fsp3) is 0.0500. The molecule has 0 saturated heterocycles. The van der Waals surface area contributed by atoms with E-state index in [9.17, 15) is 0 Å². The van der Waals surface area contributed by atoms with Crippen LogP contribution >= 0.6 is 0 Å². The molecule has 1 aliphatic heterocycles. The van der Waals surface area contributed by atoms with Crippen LogP contribution in [0.25, 0.3) is 23.3 Å². The molecular weight excluding hydrogens is 505 g/mol. The molecule has 2 atom stereocenters. The number of benzene rings is 5. The average Bonchev–Trinajstić information content (AvgIpc) is 3.06. The van der Waals surface area contributed by atoms with Crippen molar-refractivity contribution >= 4 is 48.0 Å². The lowest BCUT2D eigenvalue weighted by Gasteiger charge is -2.44. The summed E-state index contributed by atoms with van der Waals surface area (Å²) in [6.07, 6.45) is 13.8. The quantitative estimate of drug-likeness (QED) is 0.161. The summed E-state index contributed by atoms with van der Waals surface area (Å²) in [6, 6.07) is 48.2. The third kappa shape index (κ3) is 5.08. The smallest absolute Gasteiger partial charge is 0.139 e. The molecule has 1 aliphatic carbocycles. The molecule has 5 aromatic rings. The van der Waals surface area contributed by atoms with Gasteiger partial charge in [-0.25, -0.2) is 0 Å². The van der Waals surface area contributed by atoms with Gasteiger partial charge in [0.2, 0.25) is 0 Å². The molecule has 2 heteroatoms. The van der Waals surface area contributed by atoms with Gasteiger partial charge in [-0.2, -0.15) is 0 Å². The molecule has 0 saturated carbocycles. The van der Waals surface area contributed by atoms with Crippen molar-refractivity contribution in [2.45, 2.75) is 6.04 Å². The summed E-state index contributed by atoms with van der Waals surface area (Å²) in [5.74, 6) is 0.258. The van der Waals surface area contributed by atoms with E-state index in [1.807, 2.05) is 0 Å². The Hall–Kier alpha value is -5.08. The SMILES string of the molecule is Bc1ccc(/C=C2/c3ccccc3N(c3ccc(C=C(c4ccccc4)c4ccccc4)cc3)C3C=CC=CC23)cc1. The summed E-state index contributed by atoms with van der Waals surface area (Å²) in [6.45, 7) is 0. The number of allylic oxidation sites excluding steroid dienone is 2. The van der Waals surface area contributed by atoms with Crippen LogP contribution in [-0.4, -0.2) is 13.9 Å². The van der Waals surface area contributed by atoms with E-state index in [1.165, 1.54) is 55.8 Å². The molecule has 0 bridgehead atoms. The molecule has 1 nitrogen and oxygen atoms in total. The van der Waals surface area contributed by atoms with Crippen LogP contribution in [0.2, 0.25) is 0 Å². The second kappa shape index (κ2) is 11.4. The van der Waals surface area contributed by atoms with Crippen LogP contribution in [0.15, 0.2) is 158 Å². The molecule has 5 aromatic carbocycles. The lowest BCUT2D eigenvalue weighted by molar-refractivity contribution is 0.663. The van der Waals surface area contributed by atoms with Crippen molar-refractivity contribution in [2.24, 2.45) is 5.92 Å². The van der Waals surface area contributed by atoms with Crippen molar-refractivity contribution in [3.8, 4) is 0 Å². The summed E-state index contributed by atoms with van der Waals surface area (Å²) in [4.78, 5) is 2.51. The van der Waals surface area contributed by atoms with Gasteiger partial charge < -0.3 is 4.90 Å². The highest BCUT2D eigenvalue weighted by atomic mass is 15.2. The number of fused-ring (bicyclic) bond motifs is 2. The van der Waals surface area contributed by atoms with Crippen LogP contribution in [0.5, 0.6) is 0 Å². The molecule has 0 radical (unpaired) electrons. The number of hydrogen-bond acceptors (Lipinski definition) is 1. The monoisotopic (exact) mass is 537 g/mol. The van der Waals surface area contributed by atoms with Gasteiger partial charge in [0.25, 0.3) is 0 Å². The Morgan fingerprint density at radius 2 is 1.19 bits per heavy atom. The van der Waals surface area contributed by atoms with Crippen LogP contribution in [-0.2, 0) is 0 Å². The third-order valence-corrected chi connectivity index (χ3v) is 8.29. The van der Waals surface area contributed by atoms with Crippen molar-refractivity contribution in [3.05, 3.63) is 186 Å². The van der Waals surface area contributed by atoms with Gasteiger partial charge in [-0.3, -0.25) is 0 Å². The van der Waals surface area contributed by atoms with Crippen LogP contribution < -0.4 is 10.4 Å². The Bertz CT molecular complexity index is 1770. The second-order valence-corrected chi connectivity index (χ2v) is 11.1. The lowest BCUT2D eigenvalue weighted by Crippen LogP contribution is -2.40. The zero-order valence-corrected chi connectivity index (χ0v) is 23.8. The molecule has 7 rings (SSSR count). The highest BCUT2D eigenvalue weighted by molar-refractivity contribution is 6.32. The van der Waals surface area contributed by atoms with E-state index in [0.717, 1.165) is 0 Å². The molecule has 42 heavy (non-hydrogen) atoms. The van der Waals surface area contributed by atoms with E-state index in [1.54, 1.807) is 0 Å². The van der Waals surface area contributed by atoms with Gasteiger partial charge in [-0.05, 0) is 57.7 Å². The zero-order chi connectivity index (χ0) is 28.3. The van der Waals surface area contributed by atoms with Gasteiger partial charge in [0.1, 0.15) is 7.85 Å². The topological polar surface area (TPSA) is 3.24 Å². The maximum atomic E-state index is 2.51. The number of para-hydroxylation sites is 1. The highest BCUT2D eigenvalue weighted by Gasteiger charge is 2.36. The molecule has 0 aromatic heterocycles. The van der Waals surface area contributed by atoms with E-state index in [2.05, 4.69) is 183 Å². The van der Waals surface area contributed by atoms with Gasteiger partial charge in [0, 0.05) is 22.9 Å². The molecule has 0 fully saturated rings. The van der Waals surface area contributed by atoms with E-state index < -0.39 is 0 Å². The van der Waals surface area contributed by atoms with Crippen LogP contribution in [0.1, 0.15) is 27.8 Å². The Balaban J connectivity index is 1.29. The summed E-state index contributed by atoms with van der Waals surface area (Å²) in [5.41, 5.74) is 12.5. The van der Waals surface area contributed by atoms with E-state index in [4.69, 9.17) is 0 Å².